The van der Waals surface area contributed by atoms with E-state index >= 15 is 0 Å². The maximum Gasteiger partial charge on any atom is 0.416 e. The zero-order valence-electron chi connectivity index (χ0n) is 11.3. The van der Waals surface area contributed by atoms with Gasteiger partial charge in [-0.05, 0) is 41.8 Å². The lowest BCUT2D eigenvalue weighted by Gasteiger charge is -2.13. The van der Waals surface area contributed by atoms with Crippen molar-refractivity contribution >= 4 is 0 Å². The molecule has 0 fully saturated rings. The molecule has 0 bridgehead atoms. The Labute approximate surface area is 119 Å². The van der Waals surface area contributed by atoms with Crippen LogP contribution in [0.4, 0.5) is 17.6 Å². The molecule has 112 valence electrons. The van der Waals surface area contributed by atoms with Gasteiger partial charge in [-0.3, -0.25) is 0 Å². The van der Waals surface area contributed by atoms with Crippen LogP contribution in [0.1, 0.15) is 28.4 Å². The van der Waals surface area contributed by atoms with Gasteiger partial charge < -0.3 is 5.11 Å². The van der Waals surface area contributed by atoms with Gasteiger partial charge in [-0.2, -0.15) is 13.2 Å². The summed E-state index contributed by atoms with van der Waals surface area (Å²) in [6.07, 6.45) is -5.21. The smallest absolute Gasteiger partial charge is 0.388 e. The Morgan fingerprint density at radius 2 is 1.67 bits per heavy atom. The number of aliphatic hydroxyl groups is 1. The third-order valence-corrected chi connectivity index (χ3v) is 3.29. The Balaban J connectivity index is 2.12. The summed E-state index contributed by atoms with van der Waals surface area (Å²) in [5, 5.41) is 10.0. The van der Waals surface area contributed by atoms with E-state index in [4.69, 9.17) is 0 Å². The Bertz CT molecular complexity index is 617. The Morgan fingerprint density at radius 3 is 2.19 bits per heavy atom. The van der Waals surface area contributed by atoms with E-state index in [0.717, 1.165) is 12.1 Å². The van der Waals surface area contributed by atoms with Crippen molar-refractivity contribution in [2.75, 3.05) is 0 Å². The van der Waals surface area contributed by atoms with Crippen LogP contribution in [-0.2, 0) is 12.6 Å². The van der Waals surface area contributed by atoms with Crippen molar-refractivity contribution < 1.29 is 22.7 Å². The Kier molecular flexibility index (Phi) is 4.32. The van der Waals surface area contributed by atoms with Crippen LogP contribution >= 0.6 is 0 Å². The lowest BCUT2D eigenvalue weighted by molar-refractivity contribution is -0.137. The average Bonchev–Trinajstić information content (AvgIpc) is 2.41. The van der Waals surface area contributed by atoms with Crippen molar-refractivity contribution in [3.63, 3.8) is 0 Å². The van der Waals surface area contributed by atoms with E-state index in [1.807, 2.05) is 0 Å². The van der Waals surface area contributed by atoms with E-state index in [1.54, 1.807) is 19.1 Å². The van der Waals surface area contributed by atoms with Gasteiger partial charge in [-0.1, -0.05) is 24.3 Å². The molecule has 2 aromatic carbocycles. The van der Waals surface area contributed by atoms with Gasteiger partial charge in [0.15, 0.2) is 0 Å². The summed E-state index contributed by atoms with van der Waals surface area (Å²) in [6.45, 7) is 1.61. The van der Waals surface area contributed by atoms with Crippen LogP contribution in [-0.4, -0.2) is 5.11 Å². The van der Waals surface area contributed by atoms with Gasteiger partial charge in [0.25, 0.3) is 0 Å². The van der Waals surface area contributed by atoms with Crippen molar-refractivity contribution in [1.29, 1.82) is 0 Å². The standard InChI is InChI=1S/C16H14F4O/c1-10-2-5-12(9-14(10)17)15(21)8-11-3-6-13(7-4-11)16(18,19)20/h2-7,9,15,21H,8H2,1H3. The number of hydrogen-bond acceptors (Lipinski definition) is 1. The molecule has 1 atom stereocenters. The van der Waals surface area contributed by atoms with Crippen LogP contribution in [0.25, 0.3) is 0 Å². The number of alkyl halides is 3. The number of rotatable bonds is 3. The fourth-order valence-electron chi connectivity index (χ4n) is 1.99. The first kappa shape index (κ1) is 15.5. The maximum absolute atomic E-state index is 13.4. The molecule has 1 nitrogen and oxygen atoms in total. The summed E-state index contributed by atoms with van der Waals surface area (Å²) in [5.74, 6) is -0.418. The van der Waals surface area contributed by atoms with Crippen LogP contribution in [0.2, 0.25) is 0 Å². The summed E-state index contributed by atoms with van der Waals surface area (Å²) in [4.78, 5) is 0. The van der Waals surface area contributed by atoms with Gasteiger partial charge in [0.1, 0.15) is 5.82 Å². The number of aryl methyl sites for hydroxylation is 1. The largest absolute Gasteiger partial charge is 0.416 e. The molecule has 0 radical (unpaired) electrons. The Morgan fingerprint density at radius 1 is 1.05 bits per heavy atom. The van der Waals surface area contributed by atoms with E-state index in [2.05, 4.69) is 0 Å². The molecule has 2 rings (SSSR count). The first-order chi connectivity index (χ1) is 9.77. The molecule has 0 saturated heterocycles. The maximum atomic E-state index is 13.4. The molecule has 0 amide bonds. The van der Waals surface area contributed by atoms with Crippen LogP contribution < -0.4 is 0 Å². The zero-order chi connectivity index (χ0) is 15.6. The van der Waals surface area contributed by atoms with Crippen molar-refractivity contribution in [2.24, 2.45) is 0 Å². The van der Waals surface area contributed by atoms with E-state index < -0.39 is 23.7 Å². The monoisotopic (exact) mass is 298 g/mol. The second-order valence-electron chi connectivity index (χ2n) is 4.92. The highest BCUT2D eigenvalue weighted by Crippen LogP contribution is 2.29. The quantitative estimate of drug-likeness (QED) is 0.831. The van der Waals surface area contributed by atoms with Crippen molar-refractivity contribution in [3.05, 3.63) is 70.5 Å². The van der Waals surface area contributed by atoms with Crippen molar-refractivity contribution in [2.45, 2.75) is 25.6 Å². The number of benzene rings is 2. The third-order valence-electron chi connectivity index (χ3n) is 3.29. The molecule has 1 N–H and O–H groups in total. The van der Waals surface area contributed by atoms with Gasteiger partial charge in [-0.15, -0.1) is 0 Å². The van der Waals surface area contributed by atoms with Gasteiger partial charge in [-0.25, -0.2) is 4.39 Å². The molecule has 0 heterocycles. The lowest BCUT2D eigenvalue weighted by Crippen LogP contribution is -2.06. The predicted octanol–water partition coefficient (Wildman–Crippen LogP) is 4.43. The van der Waals surface area contributed by atoms with Crippen molar-refractivity contribution in [1.82, 2.24) is 0 Å². The molecule has 1 unspecified atom stereocenters. The molecule has 0 aromatic heterocycles. The van der Waals surface area contributed by atoms with E-state index in [9.17, 15) is 22.7 Å². The molecule has 0 aliphatic carbocycles. The van der Waals surface area contributed by atoms with E-state index in [0.29, 0.717) is 16.7 Å². The zero-order valence-corrected chi connectivity index (χ0v) is 11.3. The van der Waals surface area contributed by atoms with E-state index in [1.165, 1.54) is 18.2 Å². The predicted molar refractivity (Wildman–Crippen MR) is 71.2 cm³/mol. The molecule has 2 aromatic rings. The van der Waals surface area contributed by atoms with Gasteiger partial charge in [0.2, 0.25) is 0 Å². The highest BCUT2D eigenvalue weighted by molar-refractivity contribution is 5.29. The van der Waals surface area contributed by atoms with Crippen LogP contribution in [0.15, 0.2) is 42.5 Å². The molecule has 0 aliphatic heterocycles. The summed E-state index contributed by atoms with van der Waals surface area (Å²) in [6, 6.07) is 8.97. The minimum absolute atomic E-state index is 0.126. The average molecular weight is 298 g/mol. The number of aliphatic hydroxyl groups excluding tert-OH is 1. The molecular formula is C16H14F4O. The summed E-state index contributed by atoms with van der Waals surface area (Å²) in [7, 11) is 0. The second kappa shape index (κ2) is 5.85. The highest BCUT2D eigenvalue weighted by atomic mass is 19.4. The fraction of sp³-hybridized carbons (Fsp3) is 0.250. The summed E-state index contributed by atoms with van der Waals surface area (Å²) in [5.41, 5.74) is 0.692. The lowest BCUT2D eigenvalue weighted by atomic mass is 9.99. The van der Waals surface area contributed by atoms with Gasteiger partial charge in [0, 0.05) is 6.42 Å². The SMILES string of the molecule is Cc1ccc(C(O)Cc2ccc(C(F)(F)F)cc2)cc1F. The van der Waals surface area contributed by atoms with E-state index in [-0.39, 0.29) is 6.42 Å². The first-order valence-electron chi connectivity index (χ1n) is 6.37. The number of halogens is 4. The van der Waals surface area contributed by atoms with Crippen molar-refractivity contribution in [3.8, 4) is 0 Å². The summed E-state index contributed by atoms with van der Waals surface area (Å²) < 4.78 is 50.7. The minimum Gasteiger partial charge on any atom is -0.388 e. The van der Waals surface area contributed by atoms with Crippen LogP contribution in [0.5, 0.6) is 0 Å². The van der Waals surface area contributed by atoms with Gasteiger partial charge in [0.05, 0.1) is 11.7 Å². The molecule has 0 aliphatic rings. The third kappa shape index (κ3) is 3.82. The molecular weight excluding hydrogens is 284 g/mol. The minimum atomic E-state index is -4.38. The first-order valence-corrected chi connectivity index (χ1v) is 6.37. The summed E-state index contributed by atoms with van der Waals surface area (Å²) >= 11 is 0. The highest BCUT2D eigenvalue weighted by Gasteiger charge is 2.29. The Hall–Kier alpha value is -1.88. The topological polar surface area (TPSA) is 20.2 Å². The molecule has 0 spiro atoms. The normalized spacial score (nSPS) is 13.2. The number of hydrogen-bond donors (Lipinski definition) is 1. The van der Waals surface area contributed by atoms with Gasteiger partial charge >= 0.3 is 6.18 Å². The fourth-order valence-corrected chi connectivity index (χ4v) is 1.99. The molecule has 0 saturated carbocycles. The molecule has 21 heavy (non-hydrogen) atoms. The van der Waals surface area contributed by atoms with Crippen LogP contribution in [0.3, 0.4) is 0 Å². The second-order valence-corrected chi connectivity index (χ2v) is 4.92. The molecule has 5 heteroatoms. The van der Waals surface area contributed by atoms with Crippen LogP contribution in [0, 0.1) is 12.7 Å².